The molecule has 0 saturated carbocycles. The number of carboxylic acids is 1. The van der Waals surface area contributed by atoms with E-state index in [1.807, 2.05) is 0 Å². The van der Waals surface area contributed by atoms with Crippen molar-refractivity contribution in [3.8, 4) is 0 Å². The van der Waals surface area contributed by atoms with Gasteiger partial charge in [0.1, 0.15) is 6.04 Å². The Hall–Kier alpha value is -0.610. The lowest BCUT2D eigenvalue weighted by Gasteiger charge is -2.19. The number of nitrogens with zero attached hydrogens (tertiary/aromatic N) is 1. The minimum Gasteiger partial charge on any atom is -0.480 e. The van der Waals surface area contributed by atoms with Crippen molar-refractivity contribution >= 4 is 5.97 Å². The second-order valence-electron chi connectivity index (χ2n) is 2.19. The zero-order valence-corrected chi connectivity index (χ0v) is 6.50. The van der Waals surface area contributed by atoms with E-state index in [2.05, 4.69) is 0 Å². The van der Waals surface area contributed by atoms with Crippen LogP contribution in [0.3, 0.4) is 0 Å². The Kier molecular flexibility index (Phi) is 3.99. The molecular weight excluding hydrogens is 134 g/mol. The Morgan fingerprint density at radius 1 is 1.80 bits per heavy atom. The van der Waals surface area contributed by atoms with Crippen LogP contribution in [0.1, 0.15) is 6.92 Å². The molecule has 10 heavy (non-hydrogen) atoms. The summed E-state index contributed by atoms with van der Waals surface area (Å²) < 4.78 is 4.74. The summed E-state index contributed by atoms with van der Waals surface area (Å²) in [5, 5.41) is 8.48. The molecule has 0 aliphatic rings. The summed E-state index contributed by atoms with van der Waals surface area (Å²) in [6, 6.07) is -0.486. The Balaban J connectivity index is 3.69. The largest absolute Gasteiger partial charge is 0.480 e. The fraction of sp³-hybridized carbons (Fsp3) is 0.833. The molecule has 0 radical (unpaired) electrons. The Bertz CT molecular complexity index is 116. The number of methoxy groups -OCH3 is 1. The predicted octanol–water partition coefficient (Wildman–Crippen LogP) is -0.00480. The first kappa shape index (κ1) is 9.39. The molecule has 0 heterocycles. The molecule has 0 bridgehead atoms. The number of carbonyl (C=O) groups is 1. The van der Waals surface area contributed by atoms with Gasteiger partial charge in [-0.2, -0.15) is 0 Å². The number of hydrogen-bond acceptors (Lipinski definition) is 3. The second kappa shape index (κ2) is 4.24. The van der Waals surface area contributed by atoms with Crippen LogP contribution in [0.5, 0.6) is 0 Å². The van der Waals surface area contributed by atoms with Crippen molar-refractivity contribution in [2.75, 3.05) is 20.9 Å². The van der Waals surface area contributed by atoms with Crippen LogP contribution in [-0.2, 0) is 9.53 Å². The van der Waals surface area contributed by atoms with Gasteiger partial charge in [0.15, 0.2) is 0 Å². The van der Waals surface area contributed by atoms with Crippen LogP contribution < -0.4 is 0 Å². The summed E-state index contributed by atoms with van der Waals surface area (Å²) in [6.45, 7) is 1.95. The third kappa shape index (κ3) is 2.80. The number of hydrogen-bond donors (Lipinski definition) is 1. The molecule has 0 fully saturated rings. The van der Waals surface area contributed by atoms with Gasteiger partial charge in [0.2, 0.25) is 0 Å². The first-order valence-electron chi connectivity index (χ1n) is 3.01. The number of aliphatic carboxylic acids is 1. The van der Waals surface area contributed by atoms with Crippen molar-refractivity contribution in [1.29, 1.82) is 0 Å². The summed E-state index contributed by atoms with van der Waals surface area (Å²) in [6.07, 6.45) is 0. The Labute approximate surface area is 60.4 Å². The van der Waals surface area contributed by atoms with Crippen molar-refractivity contribution in [2.45, 2.75) is 13.0 Å². The van der Waals surface area contributed by atoms with E-state index in [9.17, 15) is 4.79 Å². The van der Waals surface area contributed by atoms with E-state index in [0.29, 0.717) is 6.73 Å². The minimum atomic E-state index is -0.834. The third-order valence-corrected chi connectivity index (χ3v) is 1.35. The van der Waals surface area contributed by atoms with Crippen LogP contribution in [0.15, 0.2) is 0 Å². The fourth-order valence-corrected chi connectivity index (χ4v) is 0.504. The zero-order valence-electron chi connectivity index (χ0n) is 6.50. The van der Waals surface area contributed by atoms with Gasteiger partial charge in [-0.15, -0.1) is 0 Å². The van der Waals surface area contributed by atoms with E-state index in [4.69, 9.17) is 9.84 Å². The van der Waals surface area contributed by atoms with Gasteiger partial charge in [0.05, 0.1) is 6.73 Å². The van der Waals surface area contributed by atoms with Crippen molar-refractivity contribution in [3.05, 3.63) is 0 Å². The van der Waals surface area contributed by atoms with Gasteiger partial charge in [0.25, 0.3) is 0 Å². The standard InChI is InChI=1S/C6H13NO3/c1-5(6(8)9)7(2)4-10-3/h5H,4H2,1-3H3,(H,8,9). The van der Waals surface area contributed by atoms with Crippen LogP contribution in [-0.4, -0.2) is 42.9 Å². The maximum atomic E-state index is 10.3. The average molecular weight is 147 g/mol. The van der Waals surface area contributed by atoms with E-state index in [1.165, 1.54) is 7.11 Å². The van der Waals surface area contributed by atoms with Crippen molar-refractivity contribution in [3.63, 3.8) is 0 Å². The molecule has 0 aromatic carbocycles. The number of ether oxygens (including phenoxy) is 1. The first-order chi connectivity index (χ1) is 4.59. The Morgan fingerprint density at radius 3 is 2.60 bits per heavy atom. The lowest BCUT2D eigenvalue weighted by molar-refractivity contribution is -0.143. The van der Waals surface area contributed by atoms with Gasteiger partial charge < -0.3 is 9.84 Å². The van der Waals surface area contributed by atoms with E-state index >= 15 is 0 Å². The highest BCUT2D eigenvalue weighted by molar-refractivity contribution is 5.72. The SMILES string of the molecule is COCN(C)C(C)C(=O)O. The highest BCUT2D eigenvalue weighted by atomic mass is 16.5. The normalized spacial score (nSPS) is 13.6. The molecule has 0 amide bonds. The van der Waals surface area contributed by atoms with E-state index in [1.54, 1.807) is 18.9 Å². The maximum absolute atomic E-state index is 10.3. The van der Waals surface area contributed by atoms with E-state index in [0.717, 1.165) is 0 Å². The fourth-order valence-electron chi connectivity index (χ4n) is 0.504. The monoisotopic (exact) mass is 147 g/mol. The topological polar surface area (TPSA) is 49.8 Å². The van der Waals surface area contributed by atoms with Crippen molar-refractivity contribution in [1.82, 2.24) is 4.90 Å². The van der Waals surface area contributed by atoms with Gasteiger partial charge in [-0.1, -0.05) is 0 Å². The maximum Gasteiger partial charge on any atom is 0.320 e. The summed E-state index contributed by atoms with van der Waals surface area (Å²) in [4.78, 5) is 11.9. The quantitative estimate of drug-likeness (QED) is 0.568. The van der Waals surface area contributed by atoms with Crippen molar-refractivity contribution < 1.29 is 14.6 Å². The molecule has 1 N–H and O–H groups in total. The van der Waals surface area contributed by atoms with E-state index < -0.39 is 12.0 Å². The van der Waals surface area contributed by atoms with Crippen LogP contribution in [0.2, 0.25) is 0 Å². The number of rotatable bonds is 4. The summed E-state index contributed by atoms with van der Waals surface area (Å²) in [5.41, 5.74) is 0. The predicted molar refractivity (Wildman–Crippen MR) is 36.7 cm³/mol. The van der Waals surface area contributed by atoms with Gasteiger partial charge in [-0.25, -0.2) is 0 Å². The molecule has 0 aromatic heterocycles. The highest BCUT2D eigenvalue weighted by Gasteiger charge is 2.15. The smallest absolute Gasteiger partial charge is 0.320 e. The molecule has 0 aliphatic carbocycles. The van der Waals surface area contributed by atoms with Crippen LogP contribution in [0, 0.1) is 0 Å². The average Bonchev–Trinajstić information content (AvgIpc) is 1.87. The zero-order chi connectivity index (χ0) is 8.15. The number of carboxylic acid groups (broad SMARTS) is 1. The third-order valence-electron chi connectivity index (χ3n) is 1.35. The molecular formula is C6H13NO3. The van der Waals surface area contributed by atoms with Gasteiger partial charge in [0, 0.05) is 7.11 Å². The van der Waals surface area contributed by atoms with E-state index in [-0.39, 0.29) is 0 Å². The second-order valence-corrected chi connectivity index (χ2v) is 2.19. The van der Waals surface area contributed by atoms with Crippen molar-refractivity contribution in [2.24, 2.45) is 0 Å². The van der Waals surface area contributed by atoms with Crippen LogP contribution in [0.25, 0.3) is 0 Å². The lowest BCUT2D eigenvalue weighted by Crippen LogP contribution is -2.36. The van der Waals surface area contributed by atoms with Gasteiger partial charge >= 0.3 is 5.97 Å². The number of likely N-dealkylation sites (N-methyl/N-ethyl adjacent to an activating group) is 1. The molecule has 0 aromatic rings. The molecule has 4 heteroatoms. The van der Waals surface area contributed by atoms with Crippen LogP contribution in [0.4, 0.5) is 0 Å². The van der Waals surface area contributed by atoms with Gasteiger partial charge in [-0.05, 0) is 14.0 Å². The molecule has 1 atom stereocenters. The molecule has 0 aliphatic heterocycles. The minimum absolute atomic E-state index is 0.341. The summed E-state index contributed by atoms with van der Waals surface area (Å²) in [7, 11) is 3.23. The van der Waals surface area contributed by atoms with Crippen LogP contribution >= 0.6 is 0 Å². The molecule has 0 rings (SSSR count). The summed E-state index contributed by atoms with van der Waals surface area (Å²) in [5.74, 6) is -0.834. The molecule has 4 nitrogen and oxygen atoms in total. The van der Waals surface area contributed by atoms with Gasteiger partial charge in [-0.3, -0.25) is 9.69 Å². The first-order valence-corrected chi connectivity index (χ1v) is 3.01. The summed E-state index contributed by atoms with van der Waals surface area (Å²) >= 11 is 0. The molecule has 60 valence electrons. The molecule has 0 saturated heterocycles. The molecule has 0 spiro atoms. The molecule has 1 unspecified atom stereocenters. The lowest BCUT2D eigenvalue weighted by atomic mass is 10.3. The highest BCUT2D eigenvalue weighted by Crippen LogP contribution is 1.93. The Morgan fingerprint density at radius 2 is 2.30 bits per heavy atom.